The third-order valence-electron chi connectivity index (χ3n) is 3.38. The van der Waals surface area contributed by atoms with Crippen molar-refractivity contribution in [1.29, 1.82) is 0 Å². The number of phenols is 1. The molecule has 0 saturated carbocycles. The van der Waals surface area contributed by atoms with Crippen molar-refractivity contribution in [1.82, 2.24) is 0 Å². The first kappa shape index (κ1) is 13.2. The second-order valence-electron chi connectivity index (χ2n) is 4.81. The zero-order chi connectivity index (χ0) is 14.3. The third-order valence-corrected chi connectivity index (χ3v) is 3.98. The molecule has 1 atom stereocenters. The topological polar surface area (TPSA) is 41.5 Å². The Hall–Kier alpha value is -1.75. The van der Waals surface area contributed by atoms with Crippen molar-refractivity contribution in [3.05, 3.63) is 51.7 Å². The maximum absolute atomic E-state index is 13.4. The summed E-state index contributed by atoms with van der Waals surface area (Å²) >= 11 is 3.19. The van der Waals surface area contributed by atoms with Crippen LogP contribution in [0.2, 0.25) is 0 Å². The number of aromatic hydroxyl groups is 1. The van der Waals surface area contributed by atoms with E-state index in [1.807, 2.05) is 13.0 Å². The van der Waals surface area contributed by atoms with E-state index in [1.54, 1.807) is 18.2 Å². The molecule has 0 saturated heterocycles. The van der Waals surface area contributed by atoms with Gasteiger partial charge in [-0.15, -0.1) is 0 Å². The van der Waals surface area contributed by atoms with E-state index in [0.717, 1.165) is 16.8 Å². The van der Waals surface area contributed by atoms with Gasteiger partial charge in [-0.2, -0.15) is 0 Å². The molecule has 2 aromatic rings. The van der Waals surface area contributed by atoms with E-state index < -0.39 is 0 Å². The molecule has 3 rings (SSSR count). The number of phenolic OH excluding ortho intramolecular Hbond substituents is 1. The molecule has 0 spiro atoms. The van der Waals surface area contributed by atoms with Gasteiger partial charge in [0.05, 0.1) is 10.5 Å². The number of halogens is 2. The lowest BCUT2D eigenvalue weighted by Crippen LogP contribution is -2.12. The minimum atomic E-state index is -0.277. The number of benzene rings is 2. The number of rotatable bonds is 2. The van der Waals surface area contributed by atoms with Gasteiger partial charge in [-0.3, -0.25) is 0 Å². The van der Waals surface area contributed by atoms with Crippen LogP contribution in [0.3, 0.4) is 0 Å². The van der Waals surface area contributed by atoms with Crippen molar-refractivity contribution < 1.29 is 14.2 Å². The Balaban J connectivity index is 1.89. The van der Waals surface area contributed by atoms with Crippen LogP contribution in [0.1, 0.15) is 17.2 Å². The molecule has 0 aromatic heterocycles. The SMILES string of the molecule is Cc1cc(F)c(Br)cc1NC1COc2cc(O)ccc21. The summed E-state index contributed by atoms with van der Waals surface area (Å²) < 4.78 is 19.4. The van der Waals surface area contributed by atoms with Crippen LogP contribution >= 0.6 is 15.9 Å². The van der Waals surface area contributed by atoms with Gasteiger partial charge in [-0.1, -0.05) is 0 Å². The van der Waals surface area contributed by atoms with E-state index in [9.17, 15) is 9.50 Å². The molecule has 104 valence electrons. The van der Waals surface area contributed by atoms with Crippen molar-refractivity contribution in [3.63, 3.8) is 0 Å². The number of nitrogens with one attached hydrogen (secondary N) is 1. The van der Waals surface area contributed by atoms with E-state index in [0.29, 0.717) is 16.8 Å². The van der Waals surface area contributed by atoms with Crippen LogP contribution in [0.5, 0.6) is 11.5 Å². The van der Waals surface area contributed by atoms with Crippen LogP contribution in [0, 0.1) is 12.7 Å². The van der Waals surface area contributed by atoms with Crippen LogP contribution < -0.4 is 10.1 Å². The van der Waals surface area contributed by atoms with Gasteiger partial charge in [0, 0.05) is 17.3 Å². The molecular weight excluding hydrogens is 325 g/mol. The monoisotopic (exact) mass is 337 g/mol. The third kappa shape index (κ3) is 2.33. The van der Waals surface area contributed by atoms with Crippen LogP contribution in [0.15, 0.2) is 34.8 Å². The van der Waals surface area contributed by atoms with Gasteiger partial charge in [-0.05, 0) is 52.7 Å². The standard InChI is InChI=1S/C15H13BrFNO2/c1-8-4-12(17)11(16)6-13(8)18-14-7-20-15-5-9(19)2-3-10(14)15/h2-6,14,18-19H,7H2,1H3. The lowest BCUT2D eigenvalue weighted by molar-refractivity contribution is 0.338. The average molecular weight is 338 g/mol. The smallest absolute Gasteiger partial charge is 0.137 e. The number of aryl methyl sites for hydroxylation is 1. The number of hydrogen-bond acceptors (Lipinski definition) is 3. The van der Waals surface area contributed by atoms with E-state index in [4.69, 9.17) is 4.74 Å². The molecule has 1 aliphatic rings. The highest BCUT2D eigenvalue weighted by Gasteiger charge is 2.24. The Bertz CT molecular complexity index is 675. The first-order valence-electron chi connectivity index (χ1n) is 6.22. The molecule has 1 aliphatic heterocycles. The Morgan fingerprint density at radius 3 is 2.95 bits per heavy atom. The summed E-state index contributed by atoms with van der Waals surface area (Å²) in [6.07, 6.45) is 0. The second kappa shape index (κ2) is 4.98. The molecule has 0 aliphatic carbocycles. The Kier molecular flexibility index (Phi) is 3.30. The van der Waals surface area contributed by atoms with E-state index >= 15 is 0 Å². The molecule has 20 heavy (non-hydrogen) atoms. The quantitative estimate of drug-likeness (QED) is 0.864. The van der Waals surface area contributed by atoms with Gasteiger partial charge in [0.1, 0.15) is 23.9 Å². The molecule has 2 aromatic carbocycles. The number of fused-ring (bicyclic) bond motifs is 1. The Morgan fingerprint density at radius 1 is 1.35 bits per heavy atom. The minimum absolute atomic E-state index is 0.0124. The highest BCUT2D eigenvalue weighted by molar-refractivity contribution is 9.10. The first-order chi connectivity index (χ1) is 9.54. The molecule has 0 bridgehead atoms. The maximum Gasteiger partial charge on any atom is 0.137 e. The van der Waals surface area contributed by atoms with E-state index in [-0.39, 0.29) is 17.6 Å². The summed E-state index contributed by atoms with van der Waals surface area (Å²) in [4.78, 5) is 0. The molecule has 3 nitrogen and oxygen atoms in total. The minimum Gasteiger partial charge on any atom is -0.508 e. The molecule has 2 N–H and O–H groups in total. The van der Waals surface area contributed by atoms with Gasteiger partial charge in [0.15, 0.2) is 0 Å². The lowest BCUT2D eigenvalue weighted by Gasteiger charge is -2.16. The average Bonchev–Trinajstić information content (AvgIpc) is 2.78. The molecule has 0 fully saturated rings. The fourth-order valence-corrected chi connectivity index (χ4v) is 2.65. The van der Waals surface area contributed by atoms with Gasteiger partial charge >= 0.3 is 0 Å². The zero-order valence-electron chi connectivity index (χ0n) is 10.8. The predicted octanol–water partition coefficient (Wildman–Crippen LogP) is 4.15. The maximum atomic E-state index is 13.4. The van der Waals surface area contributed by atoms with Crippen LogP contribution in [0.25, 0.3) is 0 Å². The summed E-state index contributed by atoms with van der Waals surface area (Å²) in [6.45, 7) is 2.33. The predicted molar refractivity (Wildman–Crippen MR) is 78.8 cm³/mol. The van der Waals surface area contributed by atoms with Gasteiger partial charge in [0.25, 0.3) is 0 Å². The molecule has 0 amide bonds. The highest BCUT2D eigenvalue weighted by atomic mass is 79.9. The molecule has 0 radical (unpaired) electrons. The summed E-state index contributed by atoms with van der Waals surface area (Å²) in [5, 5.41) is 12.8. The zero-order valence-corrected chi connectivity index (χ0v) is 12.4. The molecule has 5 heteroatoms. The molecule has 1 heterocycles. The van der Waals surface area contributed by atoms with Crippen LogP contribution in [-0.2, 0) is 0 Å². The van der Waals surface area contributed by atoms with Crippen LogP contribution in [-0.4, -0.2) is 11.7 Å². The Morgan fingerprint density at radius 2 is 2.15 bits per heavy atom. The van der Waals surface area contributed by atoms with E-state index in [1.165, 1.54) is 6.07 Å². The first-order valence-corrected chi connectivity index (χ1v) is 7.02. The van der Waals surface area contributed by atoms with Gasteiger partial charge < -0.3 is 15.2 Å². The summed E-state index contributed by atoms with van der Waals surface area (Å²) in [5.41, 5.74) is 2.67. The van der Waals surface area contributed by atoms with Crippen molar-refractivity contribution in [2.75, 3.05) is 11.9 Å². The fraction of sp³-hybridized carbons (Fsp3) is 0.200. The summed E-state index contributed by atoms with van der Waals surface area (Å²) in [7, 11) is 0. The Labute approximate surface area is 124 Å². The number of hydrogen-bond donors (Lipinski definition) is 2. The van der Waals surface area contributed by atoms with Crippen molar-refractivity contribution in [2.45, 2.75) is 13.0 Å². The van der Waals surface area contributed by atoms with Gasteiger partial charge in [-0.25, -0.2) is 4.39 Å². The lowest BCUT2D eigenvalue weighted by atomic mass is 10.1. The van der Waals surface area contributed by atoms with E-state index in [2.05, 4.69) is 21.2 Å². The fourth-order valence-electron chi connectivity index (χ4n) is 2.31. The largest absolute Gasteiger partial charge is 0.508 e. The van der Waals surface area contributed by atoms with Crippen molar-refractivity contribution in [3.8, 4) is 11.5 Å². The highest BCUT2D eigenvalue weighted by Crippen LogP contribution is 2.37. The molecule has 1 unspecified atom stereocenters. The number of ether oxygens (including phenoxy) is 1. The molecular formula is C15H13BrFNO2. The van der Waals surface area contributed by atoms with Crippen molar-refractivity contribution in [2.24, 2.45) is 0 Å². The van der Waals surface area contributed by atoms with Gasteiger partial charge in [0.2, 0.25) is 0 Å². The number of anilines is 1. The van der Waals surface area contributed by atoms with Crippen LogP contribution in [0.4, 0.5) is 10.1 Å². The summed E-state index contributed by atoms with van der Waals surface area (Å²) in [5.74, 6) is 0.590. The summed E-state index contributed by atoms with van der Waals surface area (Å²) in [6, 6.07) is 8.27. The normalized spacial score (nSPS) is 16.6. The second-order valence-corrected chi connectivity index (χ2v) is 5.67. The van der Waals surface area contributed by atoms with Crippen molar-refractivity contribution >= 4 is 21.6 Å².